The highest BCUT2D eigenvalue weighted by molar-refractivity contribution is 7.17. The van der Waals surface area contributed by atoms with E-state index in [1.807, 2.05) is 6.92 Å². The van der Waals surface area contributed by atoms with Crippen LogP contribution in [0.1, 0.15) is 16.2 Å². The van der Waals surface area contributed by atoms with Gasteiger partial charge in [0.05, 0.1) is 12.8 Å². The van der Waals surface area contributed by atoms with Crippen LogP contribution in [0.3, 0.4) is 0 Å². The van der Waals surface area contributed by atoms with Crippen LogP contribution < -0.4 is 21.0 Å². The zero-order valence-electron chi connectivity index (χ0n) is 16.1. The maximum atomic E-state index is 13.9. The van der Waals surface area contributed by atoms with E-state index >= 15 is 0 Å². The molecule has 31 heavy (non-hydrogen) atoms. The topological polar surface area (TPSA) is 137 Å². The van der Waals surface area contributed by atoms with Gasteiger partial charge in [-0.2, -0.15) is 5.10 Å². The molecule has 4 rings (SSSR count). The number of nitrogens with one attached hydrogen (secondary N) is 2. The number of ether oxygens (including phenoxy) is 1. The number of methoxy groups -OCH3 is 1. The first-order valence-electron chi connectivity index (χ1n) is 8.72. The molecule has 0 bridgehead atoms. The number of halogens is 1. The molecule has 0 fully saturated rings. The van der Waals surface area contributed by atoms with Gasteiger partial charge in [0.15, 0.2) is 17.4 Å². The summed E-state index contributed by atoms with van der Waals surface area (Å²) < 4.78 is 25.5. The standard InChI is InChI=1S/C18H14FN7O4S/c1-9-5-7-21-26(9)18-25-24-17(31-18)23-15(27)12-8-11(13(29-2)16(28)30-12)22-14-10(19)4-3-6-20-14/h3-8H,1-2H3,(H,20,22)(H,23,24,27). The van der Waals surface area contributed by atoms with Crippen molar-refractivity contribution in [1.82, 2.24) is 25.0 Å². The molecule has 13 heteroatoms. The van der Waals surface area contributed by atoms with Crippen molar-refractivity contribution in [2.45, 2.75) is 6.92 Å². The molecule has 2 N–H and O–H groups in total. The Balaban J connectivity index is 1.61. The minimum atomic E-state index is -0.931. The van der Waals surface area contributed by atoms with Gasteiger partial charge < -0.3 is 14.5 Å². The lowest BCUT2D eigenvalue weighted by Crippen LogP contribution is -2.17. The predicted molar refractivity (Wildman–Crippen MR) is 109 cm³/mol. The molecular formula is C18H14FN7O4S. The maximum absolute atomic E-state index is 13.9. The molecule has 0 aromatic carbocycles. The first-order chi connectivity index (χ1) is 15.0. The number of hydrogen-bond acceptors (Lipinski definition) is 10. The van der Waals surface area contributed by atoms with Gasteiger partial charge >= 0.3 is 5.63 Å². The molecule has 1 amide bonds. The SMILES string of the molecule is COc1c(Nc2ncccc2F)cc(C(=O)Nc2nnc(-n3nccc3C)s2)oc1=O. The fraction of sp³-hybridized carbons (Fsp3) is 0.111. The summed E-state index contributed by atoms with van der Waals surface area (Å²) >= 11 is 1.08. The van der Waals surface area contributed by atoms with E-state index in [-0.39, 0.29) is 28.1 Å². The second kappa shape index (κ2) is 8.31. The van der Waals surface area contributed by atoms with Crippen LogP contribution in [0.5, 0.6) is 5.75 Å². The lowest BCUT2D eigenvalue weighted by atomic mass is 10.3. The Hall–Kier alpha value is -4.13. The summed E-state index contributed by atoms with van der Waals surface area (Å²) in [4.78, 5) is 28.7. The van der Waals surface area contributed by atoms with Crippen LogP contribution in [-0.4, -0.2) is 38.0 Å². The molecule has 0 radical (unpaired) electrons. The summed E-state index contributed by atoms with van der Waals surface area (Å²) in [6.07, 6.45) is 2.98. The van der Waals surface area contributed by atoms with Gasteiger partial charge in [-0.05, 0) is 25.1 Å². The molecule has 0 unspecified atom stereocenters. The fourth-order valence-electron chi connectivity index (χ4n) is 2.57. The zero-order valence-corrected chi connectivity index (χ0v) is 16.9. The van der Waals surface area contributed by atoms with Gasteiger partial charge in [0, 0.05) is 24.2 Å². The lowest BCUT2D eigenvalue weighted by Gasteiger charge is -2.11. The molecule has 0 aliphatic carbocycles. The fourth-order valence-corrected chi connectivity index (χ4v) is 3.32. The molecule has 0 spiro atoms. The zero-order chi connectivity index (χ0) is 22.0. The minimum Gasteiger partial charge on any atom is -0.488 e. The predicted octanol–water partition coefficient (Wildman–Crippen LogP) is 2.52. The number of carbonyl (C=O) groups is 1. The van der Waals surface area contributed by atoms with Gasteiger partial charge in [-0.3, -0.25) is 10.1 Å². The van der Waals surface area contributed by atoms with Crippen LogP contribution in [0.15, 0.2) is 45.9 Å². The summed E-state index contributed by atoms with van der Waals surface area (Å²) in [6.45, 7) is 1.84. The van der Waals surface area contributed by atoms with Crippen molar-refractivity contribution in [2.24, 2.45) is 0 Å². The van der Waals surface area contributed by atoms with E-state index in [9.17, 15) is 14.0 Å². The third-order valence-corrected chi connectivity index (χ3v) is 4.81. The van der Waals surface area contributed by atoms with Crippen molar-refractivity contribution in [2.75, 3.05) is 17.7 Å². The smallest absolute Gasteiger partial charge is 0.381 e. The summed E-state index contributed by atoms with van der Waals surface area (Å²) in [5.74, 6) is -2.16. The summed E-state index contributed by atoms with van der Waals surface area (Å²) in [7, 11) is 1.24. The normalized spacial score (nSPS) is 10.7. The number of pyridine rings is 1. The molecule has 4 aromatic heterocycles. The number of aryl methyl sites for hydroxylation is 1. The van der Waals surface area contributed by atoms with Crippen molar-refractivity contribution in [3.63, 3.8) is 0 Å². The highest BCUT2D eigenvalue weighted by atomic mass is 32.1. The Morgan fingerprint density at radius 1 is 1.29 bits per heavy atom. The Kier molecular flexibility index (Phi) is 5.41. The summed E-state index contributed by atoms with van der Waals surface area (Å²) in [6, 6.07) is 5.60. The van der Waals surface area contributed by atoms with Crippen molar-refractivity contribution >= 4 is 33.9 Å². The maximum Gasteiger partial charge on any atom is 0.381 e. The van der Waals surface area contributed by atoms with Crippen LogP contribution in [-0.2, 0) is 0 Å². The second-order valence-corrected chi connectivity index (χ2v) is 6.99. The van der Waals surface area contributed by atoms with E-state index in [2.05, 4.69) is 30.9 Å². The molecule has 0 atom stereocenters. The van der Waals surface area contributed by atoms with Crippen LogP contribution in [0.4, 0.5) is 21.0 Å². The average Bonchev–Trinajstić information content (AvgIpc) is 3.38. The van der Waals surface area contributed by atoms with E-state index in [0.717, 1.165) is 17.0 Å². The first-order valence-corrected chi connectivity index (χ1v) is 9.53. The van der Waals surface area contributed by atoms with Gasteiger partial charge in [0.1, 0.15) is 0 Å². The summed E-state index contributed by atoms with van der Waals surface area (Å²) in [5, 5.41) is 17.7. The Morgan fingerprint density at radius 2 is 2.13 bits per heavy atom. The van der Waals surface area contributed by atoms with Gasteiger partial charge in [-0.15, -0.1) is 10.2 Å². The van der Waals surface area contributed by atoms with Crippen LogP contribution in [0.2, 0.25) is 0 Å². The molecule has 4 heterocycles. The second-order valence-electron chi connectivity index (χ2n) is 6.03. The number of rotatable bonds is 6. The van der Waals surface area contributed by atoms with E-state index in [1.165, 1.54) is 31.5 Å². The number of aromatic nitrogens is 5. The molecule has 0 saturated carbocycles. The molecule has 158 valence electrons. The van der Waals surface area contributed by atoms with Crippen molar-refractivity contribution in [3.8, 4) is 10.9 Å². The van der Waals surface area contributed by atoms with E-state index in [4.69, 9.17) is 9.15 Å². The highest BCUT2D eigenvalue weighted by Crippen LogP contribution is 2.26. The van der Waals surface area contributed by atoms with E-state index < -0.39 is 17.3 Å². The minimum absolute atomic E-state index is 0.00613. The molecule has 11 nitrogen and oxygen atoms in total. The molecule has 0 saturated heterocycles. The van der Waals surface area contributed by atoms with E-state index in [1.54, 1.807) is 16.9 Å². The molecule has 4 aromatic rings. The highest BCUT2D eigenvalue weighted by Gasteiger charge is 2.20. The van der Waals surface area contributed by atoms with Gasteiger partial charge in [-0.1, -0.05) is 11.3 Å². The Morgan fingerprint density at radius 3 is 2.84 bits per heavy atom. The summed E-state index contributed by atoms with van der Waals surface area (Å²) in [5.41, 5.74) is -0.0848. The molecular weight excluding hydrogens is 429 g/mol. The molecule has 0 aliphatic heterocycles. The van der Waals surface area contributed by atoms with Gasteiger partial charge in [0.25, 0.3) is 5.91 Å². The average molecular weight is 443 g/mol. The lowest BCUT2D eigenvalue weighted by molar-refractivity contribution is 0.0991. The Labute approximate surface area is 177 Å². The van der Waals surface area contributed by atoms with Gasteiger partial charge in [0.2, 0.25) is 16.0 Å². The quantitative estimate of drug-likeness (QED) is 0.460. The number of carbonyl (C=O) groups excluding carboxylic acids is 1. The number of anilines is 3. The number of nitrogens with zero attached hydrogens (tertiary/aromatic N) is 5. The largest absolute Gasteiger partial charge is 0.488 e. The van der Waals surface area contributed by atoms with Crippen molar-refractivity contribution in [1.29, 1.82) is 0 Å². The van der Waals surface area contributed by atoms with Crippen molar-refractivity contribution in [3.05, 3.63) is 64.4 Å². The number of hydrogen-bond donors (Lipinski definition) is 2. The monoisotopic (exact) mass is 443 g/mol. The van der Waals surface area contributed by atoms with Crippen LogP contribution in [0, 0.1) is 12.7 Å². The van der Waals surface area contributed by atoms with Gasteiger partial charge in [-0.25, -0.2) is 18.9 Å². The third-order valence-electron chi connectivity index (χ3n) is 4.00. The van der Waals surface area contributed by atoms with Crippen LogP contribution >= 0.6 is 11.3 Å². The van der Waals surface area contributed by atoms with Crippen molar-refractivity contribution < 1.29 is 18.3 Å². The Bertz CT molecular complexity index is 1320. The number of amides is 1. The first kappa shape index (κ1) is 20.2. The van der Waals surface area contributed by atoms with Crippen LogP contribution in [0.25, 0.3) is 5.13 Å². The van der Waals surface area contributed by atoms with E-state index in [0.29, 0.717) is 5.13 Å². The molecule has 0 aliphatic rings. The third kappa shape index (κ3) is 4.11.